The van der Waals surface area contributed by atoms with Crippen LogP contribution in [-0.2, 0) is 6.54 Å². The second kappa shape index (κ2) is 5.95. The third-order valence-electron chi connectivity index (χ3n) is 3.58. The number of rotatable bonds is 5. The van der Waals surface area contributed by atoms with Gasteiger partial charge >= 0.3 is 0 Å². The molecule has 102 valence electrons. The van der Waals surface area contributed by atoms with E-state index in [1.165, 1.54) is 11.5 Å². The first kappa shape index (κ1) is 13.7. The third-order valence-corrected chi connectivity index (χ3v) is 4.30. The first-order valence-electron chi connectivity index (χ1n) is 6.55. The topological polar surface area (TPSA) is 44.3 Å². The van der Waals surface area contributed by atoms with Crippen molar-refractivity contribution < 1.29 is 0 Å². The maximum absolute atomic E-state index is 4.24. The lowest BCUT2D eigenvalue weighted by Crippen LogP contribution is -2.34. The van der Waals surface area contributed by atoms with Gasteiger partial charge in [0, 0.05) is 43.8 Å². The highest BCUT2D eigenvalue weighted by atomic mass is 32.1. The van der Waals surface area contributed by atoms with E-state index in [1.54, 1.807) is 0 Å². The van der Waals surface area contributed by atoms with Crippen molar-refractivity contribution in [2.24, 2.45) is 5.92 Å². The second-order valence-corrected chi connectivity index (χ2v) is 6.04. The van der Waals surface area contributed by atoms with Gasteiger partial charge in [0.1, 0.15) is 10.7 Å². The van der Waals surface area contributed by atoms with Crippen LogP contribution in [0.25, 0.3) is 0 Å². The van der Waals surface area contributed by atoms with Crippen molar-refractivity contribution in [1.29, 1.82) is 0 Å². The molecule has 1 aliphatic rings. The zero-order valence-corrected chi connectivity index (χ0v) is 12.5. The maximum atomic E-state index is 4.24. The number of aromatic nitrogens is 2. The number of likely N-dealkylation sites (N-methyl/N-ethyl adjacent to an activating group) is 1. The quantitative estimate of drug-likeness (QED) is 0.874. The Hall–Kier alpha value is -0.720. The Morgan fingerprint density at radius 1 is 1.44 bits per heavy atom. The smallest absolute Gasteiger partial charge is 0.134 e. The number of hydrogen-bond donors (Lipinski definition) is 1. The highest BCUT2D eigenvalue weighted by Gasteiger charge is 2.31. The minimum absolute atomic E-state index is 0.652. The van der Waals surface area contributed by atoms with Crippen LogP contribution in [-0.4, -0.2) is 59.2 Å². The van der Waals surface area contributed by atoms with E-state index in [0.29, 0.717) is 12.0 Å². The summed E-state index contributed by atoms with van der Waals surface area (Å²) in [5.41, 5.74) is 1.09. The molecule has 0 aromatic carbocycles. The molecular weight excluding hydrogens is 246 g/mol. The molecule has 0 saturated carbocycles. The lowest BCUT2D eigenvalue weighted by molar-refractivity contribution is 0.249. The first-order valence-corrected chi connectivity index (χ1v) is 7.33. The number of anilines is 1. The van der Waals surface area contributed by atoms with Gasteiger partial charge in [-0.15, -0.1) is 5.10 Å². The molecule has 0 radical (unpaired) electrons. The number of nitrogens with one attached hydrogen (secondary N) is 1. The zero-order valence-electron chi connectivity index (χ0n) is 11.7. The molecule has 1 aromatic heterocycles. The average Bonchev–Trinajstić information content (AvgIpc) is 2.87. The Labute approximate surface area is 113 Å². The molecule has 0 aliphatic carbocycles. The minimum Gasteiger partial charge on any atom is -0.374 e. The Bertz CT molecular complexity index is 378. The van der Waals surface area contributed by atoms with E-state index in [1.807, 2.05) is 0 Å². The summed E-state index contributed by atoms with van der Waals surface area (Å²) in [6.45, 7) is 8.53. The Morgan fingerprint density at radius 3 is 2.83 bits per heavy atom. The highest BCUT2D eigenvalue weighted by Crippen LogP contribution is 2.24. The van der Waals surface area contributed by atoms with Gasteiger partial charge in [-0.1, -0.05) is 11.4 Å². The van der Waals surface area contributed by atoms with Crippen molar-refractivity contribution in [3.8, 4) is 0 Å². The Morgan fingerprint density at radius 2 is 2.22 bits per heavy atom. The molecule has 1 saturated heterocycles. The van der Waals surface area contributed by atoms with E-state index in [2.05, 4.69) is 52.6 Å². The largest absolute Gasteiger partial charge is 0.374 e. The van der Waals surface area contributed by atoms with Crippen molar-refractivity contribution in [2.45, 2.75) is 26.4 Å². The standard InChI is InChI=1S/C12H23N5S/c1-5-13-12-10(14-15-18-12)7-17-6-9(2)11(8-17)16(3)4/h9,11,13H,5-8H2,1-4H3. The Kier molecular flexibility index (Phi) is 4.53. The van der Waals surface area contributed by atoms with Crippen molar-refractivity contribution in [3.05, 3.63) is 5.69 Å². The molecule has 1 N–H and O–H groups in total. The summed E-state index contributed by atoms with van der Waals surface area (Å²) in [6, 6.07) is 0.652. The first-order chi connectivity index (χ1) is 8.61. The fraction of sp³-hybridized carbons (Fsp3) is 0.833. The lowest BCUT2D eigenvalue weighted by atomic mass is 10.1. The van der Waals surface area contributed by atoms with Gasteiger partial charge in [-0.25, -0.2) is 0 Å². The Balaban J connectivity index is 1.96. The molecule has 2 heterocycles. The van der Waals surface area contributed by atoms with Gasteiger partial charge in [-0.05, 0) is 26.9 Å². The monoisotopic (exact) mass is 269 g/mol. The van der Waals surface area contributed by atoms with Crippen LogP contribution in [0.5, 0.6) is 0 Å². The molecule has 0 spiro atoms. The van der Waals surface area contributed by atoms with Gasteiger partial charge in [0.2, 0.25) is 0 Å². The van der Waals surface area contributed by atoms with Crippen LogP contribution >= 0.6 is 11.5 Å². The van der Waals surface area contributed by atoms with Crippen LogP contribution in [0.4, 0.5) is 5.00 Å². The summed E-state index contributed by atoms with van der Waals surface area (Å²) in [5, 5.41) is 8.70. The predicted molar refractivity (Wildman–Crippen MR) is 76.0 cm³/mol. The maximum Gasteiger partial charge on any atom is 0.134 e. The van der Waals surface area contributed by atoms with E-state index < -0.39 is 0 Å². The van der Waals surface area contributed by atoms with E-state index in [0.717, 1.165) is 36.9 Å². The molecule has 1 aliphatic heterocycles. The van der Waals surface area contributed by atoms with Gasteiger partial charge in [0.25, 0.3) is 0 Å². The SMILES string of the molecule is CCNc1snnc1CN1CC(C)C(N(C)C)C1. The molecule has 6 heteroatoms. The van der Waals surface area contributed by atoms with Crippen LogP contribution in [0.3, 0.4) is 0 Å². The van der Waals surface area contributed by atoms with E-state index in [-0.39, 0.29) is 0 Å². The summed E-state index contributed by atoms with van der Waals surface area (Å²) in [4.78, 5) is 4.81. The van der Waals surface area contributed by atoms with Crippen LogP contribution < -0.4 is 5.32 Å². The van der Waals surface area contributed by atoms with Gasteiger partial charge in [0.15, 0.2) is 0 Å². The summed E-state index contributed by atoms with van der Waals surface area (Å²) in [7, 11) is 4.33. The van der Waals surface area contributed by atoms with Crippen LogP contribution in [0.2, 0.25) is 0 Å². The number of hydrogen-bond acceptors (Lipinski definition) is 6. The summed E-state index contributed by atoms with van der Waals surface area (Å²) in [5.74, 6) is 0.717. The molecule has 1 fully saturated rings. The summed E-state index contributed by atoms with van der Waals surface area (Å²) >= 11 is 1.46. The zero-order chi connectivity index (χ0) is 13.1. The molecule has 18 heavy (non-hydrogen) atoms. The van der Waals surface area contributed by atoms with Gasteiger partial charge in [-0.3, -0.25) is 4.90 Å². The molecule has 2 unspecified atom stereocenters. The summed E-state index contributed by atoms with van der Waals surface area (Å²) in [6.07, 6.45) is 0. The molecule has 2 rings (SSSR count). The van der Waals surface area contributed by atoms with Crippen molar-refractivity contribution in [2.75, 3.05) is 39.0 Å². The highest BCUT2D eigenvalue weighted by molar-refractivity contribution is 7.10. The molecule has 0 amide bonds. The van der Waals surface area contributed by atoms with Crippen LogP contribution in [0.1, 0.15) is 19.5 Å². The van der Waals surface area contributed by atoms with Gasteiger partial charge < -0.3 is 10.2 Å². The van der Waals surface area contributed by atoms with Crippen molar-refractivity contribution in [3.63, 3.8) is 0 Å². The van der Waals surface area contributed by atoms with Gasteiger partial charge in [-0.2, -0.15) is 0 Å². The second-order valence-electron chi connectivity index (χ2n) is 5.28. The summed E-state index contributed by atoms with van der Waals surface area (Å²) < 4.78 is 4.05. The van der Waals surface area contributed by atoms with Gasteiger partial charge in [0.05, 0.1) is 0 Å². The number of nitrogens with zero attached hydrogens (tertiary/aromatic N) is 4. The number of likely N-dealkylation sites (tertiary alicyclic amines) is 1. The lowest BCUT2D eigenvalue weighted by Gasteiger charge is -2.22. The predicted octanol–water partition coefficient (Wildman–Crippen LogP) is 1.35. The van der Waals surface area contributed by atoms with E-state index in [4.69, 9.17) is 0 Å². The average molecular weight is 269 g/mol. The normalized spacial score (nSPS) is 24.9. The molecule has 5 nitrogen and oxygen atoms in total. The molecule has 2 atom stereocenters. The van der Waals surface area contributed by atoms with E-state index >= 15 is 0 Å². The molecule has 1 aromatic rings. The third kappa shape index (κ3) is 2.99. The van der Waals surface area contributed by atoms with Crippen LogP contribution in [0, 0.1) is 5.92 Å². The van der Waals surface area contributed by atoms with Crippen LogP contribution in [0.15, 0.2) is 0 Å². The fourth-order valence-electron chi connectivity index (χ4n) is 2.67. The molecule has 0 bridgehead atoms. The molecular formula is C12H23N5S. The minimum atomic E-state index is 0.652. The van der Waals surface area contributed by atoms with E-state index in [9.17, 15) is 0 Å². The fourth-order valence-corrected chi connectivity index (χ4v) is 3.31. The van der Waals surface area contributed by atoms with Crippen molar-refractivity contribution >= 4 is 16.5 Å². The van der Waals surface area contributed by atoms with Crippen molar-refractivity contribution in [1.82, 2.24) is 19.4 Å².